The van der Waals surface area contributed by atoms with Gasteiger partial charge in [-0.15, -0.1) is 0 Å². The molecule has 3 nitrogen and oxygen atoms in total. The van der Waals surface area contributed by atoms with Crippen molar-refractivity contribution in [2.45, 2.75) is 13.0 Å². The molecule has 0 amide bonds. The topological polar surface area (TPSA) is 48.7 Å². The van der Waals surface area contributed by atoms with E-state index in [9.17, 15) is 8.78 Å². The number of halogens is 2. The lowest BCUT2D eigenvalue weighted by atomic mass is 10.1. The summed E-state index contributed by atoms with van der Waals surface area (Å²) in [5.41, 5.74) is 0.936. The summed E-state index contributed by atoms with van der Waals surface area (Å²) in [7, 11) is 0. The molecule has 0 aliphatic carbocycles. The summed E-state index contributed by atoms with van der Waals surface area (Å²) in [6.07, 6.45) is 2.63. The van der Waals surface area contributed by atoms with E-state index in [1.165, 1.54) is 24.4 Å². The lowest BCUT2D eigenvalue weighted by Gasteiger charge is -2.16. The van der Waals surface area contributed by atoms with Crippen molar-refractivity contribution in [2.75, 3.05) is 5.32 Å². The molecule has 2 aromatic rings. The third-order valence-electron chi connectivity index (χ3n) is 2.72. The quantitative estimate of drug-likeness (QED) is 0.918. The zero-order chi connectivity index (χ0) is 13.8. The van der Waals surface area contributed by atoms with E-state index in [4.69, 9.17) is 5.26 Å². The van der Waals surface area contributed by atoms with Gasteiger partial charge < -0.3 is 5.32 Å². The fraction of sp³-hybridized carbons (Fsp3) is 0.143. The molecule has 0 fully saturated rings. The van der Waals surface area contributed by atoms with E-state index in [2.05, 4.69) is 10.3 Å². The first kappa shape index (κ1) is 13.0. The van der Waals surface area contributed by atoms with Gasteiger partial charge in [0.1, 0.15) is 23.3 Å². The summed E-state index contributed by atoms with van der Waals surface area (Å²) in [4.78, 5) is 3.75. The molecule has 1 unspecified atom stereocenters. The van der Waals surface area contributed by atoms with Gasteiger partial charge in [0.05, 0.1) is 17.9 Å². The number of nitrogens with zero attached hydrogens (tertiary/aromatic N) is 2. The zero-order valence-corrected chi connectivity index (χ0v) is 10.2. The molecular weight excluding hydrogens is 248 g/mol. The molecule has 0 saturated carbocycles. The van der Waals surface area contributed by atoms with Gasteiger partial charge in [0.25, 0.3) is 0 Å². The second-order valence-corrected chi connectivity index (χ2v) is 4.08. The molecule has 0 bridgehead atoms. The summed E-state index contributed by atoms with van der Waals surface area (Å²) < 4.78 is 26.5. The van der Waals surface area contributed by atoms with Crippen LogP contribution in [-0.2, 0) is 0 Å². The number of anilines is 1. The number of hydrogen-bond acceptors (Lipinski definition) is 3. The molecule has 0 spiro atoms. The number of aromatic nitrogens is 1. The molecule has 0 saturated heterocycles. The summed E-state index contributed by atoms with van der Waals surface area (Å²) in [6.45, 7) is 1.78. The van der Waals surface area contributed by atoms with Crippen LogP contribution in [0.1, 0.15) is 24.1 Å². The minimum Gasteiger partial charge on any atom is -0.377 e. The van der Waals surface area contributed by atoms with E-state index >= 15 is 0 Å². The fourth-order valence-corrected chi connectivity index (χ4v) is 1.74. The van der Waals surface area contributed by atoms with Crippen molar-refractivity contribution in [2.24, 2.45) is 0 Å². The van der Waals surface area contributed by atoms with Crippen molar-refractivity contribution in [1.29, 1.82) is 5.26 Å². The van der Waals surface area contributed by atoms with Crippen molar-refractivity contribution in [3.05, 3.63) is 59.4 Å². The summed E-state index contributed by atoms with van der Waals surface area (Å²) >= 11 is 0. The van der Waals surface area contributed by atoms with Crippen LogP contribution >= 0.6 is 0 Å². The minimum absolute atomic E-state index is 0.0567. The number of benzene rings is 1. The highest BCUT2D eigenvalue weighted by atomic mass is 19.1. The van der Waals surface area contributed by atoms with Crippen molar-refractivity contribution in [1.82, 2.24) is 4.98 Å². The summed E-state index contributed by atoms with van der Waals surface area (Å²) in [5, 5.41) is 11.9. The number of hydrogen-bond donors (Lipinski definition) is 1. The van der Waals surface area contributed by atoms with Crippen LogP contribution in [-0.4, -0.2) is 4.98 Å². The summed E-state index contributed by atoms with van der Waals surface area (Å²) in [6, 6.07) is 7.19. The van der Waals surface area contributed by atoms with Crippen molar-refractivity contribution in [3.8, 4) is 6.07 Å². The maximum atomic E-state index is 13.4. The molecule has 0 radical (unpaired) electrons. The Hall–Kier alpha value is -2.48. The van der Waals surface area contributed by atoms with Crippen LogP contribution in [0.3, 0.4) is 0 Å². The van der Waals surface area contributed by atoms with Crippen LogP contribution in [0.25, 0.3) is 0 Å². The first-order valence-corrected chi connectivity index (χ1v) is 5.67. The van der Waals surface area contributed by atoms with Gasteiger partial charge in [-0.3, -0.25) is 4.98 Å². The van der Waals surface area contributed by atoms with Gasteiger partial charge in [0.15, 0.2) is 0 Å². The Balaban J connectivity index is 2.27. The molecule has 0 aliphatic heterocycles. The minimum atomic E-state index is -0.586. The molecule has 2 rings (SSSR count). The standard InChI is InChI=1S/C14H11F2N3/c1-9(10-5-11(15)8-18-7-10)19-14-4-2-3-13(16)12(14)6-17/h2-5,7-9,19H,1H3. The van der Waals surface area contributed by atoms with Gasteiger partial charge in [-0.05, 0) is 30.7 Å². The van der Waals surface area contributed by atoms with E-state index in [0.29, 0.717) is 11.3 Å². The smallest absolute Gasteiger partial charge is 0.143 e. The number of nitrogens with one attached hydrogen (secondary N) is 1. The van der Waals surface area contributed by atoms with Crippen molar-refractivity contribution in [3.63, 3.8) is 0 Å². The molecule has 1 N–H and O–H groups in total. The summed E-state index contributed by atoms with van der Waals surface area (Å²) in [5.74, 6) is -1.03. The Labute approximate surface area is 109 Å². The highest BCUT2D eigenvalue weighted by Crippen LogP contribution is 2.23. The normalized spacial score (nSPS) is 11.7. The first-order valence-electron chi connectivity index (χ1n) is 5.67. The first-order chi connectivity index (χ1) is 9.11. The molecule has 0 aliphatic rings. The Morgan fingerprint density at radius 1 is 1.32 bits per heavy atom. The van der Waals surface area contributed by atoms with E-state index < -0.39 is 11.6 Å². The van der Waals surface area contributed by atoms with E-state index in [-0.39, 0.29) is 11.6 Å². The van der Waals surface area contributed by atoms with Crippen LogP contribution in [0.15, 0.2) is 36.7 Å². The molecular formula is C14H11F2N3. The number of nitriles is 1. The van der Waals surface area contributed by atoms with Crippen LogP contribution in [0, 0.1) is 23.0 Å². The third-order valence-corrected chi connectivity index (χ3v) is 2.72. The highest BCUT2D eigenvalue weighted by molar-refractivity contribution is 5.58. The molecule has 1 atom stereocenters. The SMILES string of the molecule is CC(Nc1cccc(F)c1C#N)c1cncc(F)c1. The predicted octanol–water partition coefficient (Wildman–Crippen LogP) is 3.40. The second-order valence-electron chi connectivity index (χ2n) is 4.08. The van der Waals surface area contributed by atoms with Gasteiger partial charge in [0.2, 0.25) is 0 Å². The average Bonchev–Trinajstić information content (AvgIpc) is 2.39. The lowest BCUT2D eigenvalue weighted by Crippen LogP contribution is -2.09. The average molecular weight is 259 g/mol. The van der Waals surface area contributed by atoms with Gasteiger partial charge in [-0.2, -0.15) is 5.26 Å². The molecule has 1 aromatic carbocycles. The molecule has 19 heavy (non-hydrogen) atoms. The van der Waals surface area contributed by atoms with Crippen LogP contribution in [0.5, 0.6) is 0 Å². The largest absolute Gasteiger partial charge is 0.377 e. The third kappa shape index (κ3) is 2.86. The van der Waals surface area contributed by atoms with Crippen LogP contribution < -0.4 is 5.32 Å². The van der Waals surface area contributed by atoms with E-state index in [1.807, 2.05) is 0 Å². The highest BCUT2D eigenvalue weighted by Gasteiger charge is 2.12. The molecule has 96 valence electrons. The molecule has 1 aromatic heterocycles. The van der Waals surface area contributed by atoms with Gasteiger partial charge in [-0.25, -0.2) is 8.78 Å². The molecule has 5 heteroatoms. The van der Waals surface area contributed by atoms with Crippen molar-refractivity contribution < 1.29 is 8.78 Å². The number of pyridine rings is 1. The monoisotopic (exact) mass is 259 g/mol. The fourth-order valence-electron chi connectivity index (χ4n) is 1.74. The van der Waals surface area contributed by atoms with Gasteiger partial charge >= 0.3 is 0 Å². The zero-order valence-electron chi connectivity index (χ0n) is 10.2. The predicted molar refractivity (Wildman–Crippen MR) is 67.3 cm³/mol. The van der Waals surface area contributed by atoms with Gasteiger partial charge in [-0.1, -0.05) is 6.07 Å². The second kappa shape index (κ2) is 5.44. The maximum absolute atomic E-state index is 13.4. The maximum Gasteiger partial charge on any atom is 0.143 e. The Bertz CT molecular complexity index is 635. The van der Waals surface area contributed by atoms with E-state index in [0.717, 1.165) is 6.20 Å². The van der Waals surface area contributed by atoms with Crippen molar-refractivity contribution >= 4 is 5.69 Å². The molecule has 1 heterocycles. The Morgan fingerprint density at radius 3 is 2.79 bits per heavy atom. The van der Waals surface area contributed by atoms with Gasteiger partial charge in [0, 0.05) is 6.20 Å². The number of rotatable bonds is 3. The van der Waals surface area contributed by atoms with Crippen LogP contribution in [0.2, 0.25) is 0 Å². The van der Waals surface area contributed by atoms with Crippen LogP contribution in [0.4, 0.5) is 14.5 Å². The van der Waals surface area contributed by atoms with E-state index in [1.54, 1.807) is 19.1 Å². The lowest BCUT2D eigenvalue weighted by molar-refractivity contribution is 0.615. The Kier molecular flexibility index (Phi) is 3.71. The Morgan fingerprint density at radius 2 is 2.11 bits per heavy atom.